The van der Waals surface area contributed by atoms with E-state index in [1.807, 2.05) is 13.1 Å². The molecule has 0 aliphatic heterocycles. The number of ether oxygens (including phenoxy) is 1. The predicted octanol–water partition coefficient (Wildman–Crippen LogP) is 2.48. The molecule has 5 nitrogen and oxygen atoms in total. The zero-order chi connectivity index (χ0) is 16.4. The topological polar surface area (TPSA) is 46.8 Å². The summed E-state index contributed by atoms with van der Waals surface area (Å²) in [5, 5.41) is 0. The van der Waals surface area contributed by atoms with Crippen LogP contribution in [0.25, 0.3) is 5.65 Å². The first-order valence-electron chi connectivity index (χ1n) is 7.10. The largest absolute Gasteiger partial charge is 0.494 e. The number of pyridine rings is 1. The third kappa shape index (κ3) is 3.01. The molecule has 2 aromatic heterocycles. The van der Waals surface area contributed by atoms with Crippen LogP contribution >= 0.6 is 0 Å². The Kier molecular flexibility index (Phi) is 3.97. The van der Waals surface area contributed by atoms with E-state index in [-0.39, 0.29) is 11.3 Å². The fraction of sp³-hybridized carbons (Fsp3) is 0.176. The second kappa shape index (κ2) is 6.08. The lowest BCUT2D eigenvalue weighted by Crippen LogP contribution is -2.22. The number of methoxy groups -OCH3 is 1. The van der Waals surface area contributed by atoms with Gasteiger partial charge < -0.3 is 9.64 Å². The SMILES string of the molecule is COc1ccc(CN(C)c2cc(=O)n3ccccc3n2)cc1F. The van der Waals surface area contributed by atoms with Crippen molar-refractivity contribution in [2.45, 2.75) is 6.54 Å². The van der Waals surface area contributed by atoms with Crippen molar-refractivity contribution in [1.82, 2.24) is 9.38 Å². The highest BCUT2D eigenvalue weighted by molar-refractivity contribution is 5.48. The summed E-state index contributed by atoms with van der Waals surface area (Å²) >= 11 is 0. The highest BCUT2D eigenvalue weighted by Crippen LogP contribution is 2.19. The van der Waals surface area contributed by atoms with Gasteiger partial charge in [-0.1, -0.05) is 12.1 Å². The minimum atomic E-state index is -0.412. The lowest BCUT2D eigenvalue weighted by atomic mass is 10.2. The maximum atomic E-state index is 13.8. The third-order valence-corrected chi connectivity index (χ3v) is 3.58. The zero-order valence-electron chi connectivity index (χ0n) is 12.9. The summed E-state index contributed by atoms with van der Waals surface area (Å²) in [5.74, 6) is 0.334. The van der Waals surface area contributed by atoms with Gasteiger partial charge >= 0.3 is 0 Å². The summed E-state index contributed by atoms with van der Waals surface area (Å²) in [5.41, 5.74) is 1.18. The second-order valence-corrected chi connectivity index (χ2v) is 5.21. The van der Waals surface area contributed by atoms with Gasteiger partial charge in [-0.15, -0.1) is 0 Å². The van der Waals surface area contributed by atoms with Gasteiger partial charge in [-0.3, -0.25) is 9.20 Å². The molecule has 0 aliphatic carbocycles. The number of benzene rings is 1. The number of hydrogen-bond acceptors (Lipinski definition) is 4. The monoisotopic (exact) mass is 313 g/mol. The van der Waals surface area contributed by atoms with Crippen molar-refractivity contribution in [3.8, 4) is 5.75 Å². The van der Waals surface area contributed by atoms with Crippen LogP contribution in [-0.2, 0) is 6.54 Å². The quantitative estimate of drug-likeness (QED) is 0.742. The van der Waals surface area contributed by atoms with Gasteiger partial charge in [0, 0.05) is 25.9 Å². The van der Waals surface area contributed by atoms with Crippen LogP contribution in [0.2, 0.25) is 0 Å². The minimum absolute atomic E-state index is 0.154. The molecule has 0 bridgehead atoms. The van der Waals surface area contributed by atoms with Crippen LogP contribution in [0.15, 0.2) is 53.5 Å². The van der Waals surface area contributed by atoms with Crippen LogP contribution in [-0.4, -0.2) is 23.5 Å². The van der Waals surface area contributed by atoms with Gasteiger partial charge in [0.05, 0.1) is 7.11 Å². The molecule has 0 aliphatic rings. The van der Waals surface area contributed by atoms with Gasteiger partial charge in [-0.05, 0) is 29.8 Å². The maximum absolute atomic E-state index is 13.8. The Morgan fingerprint density at radius 1 is 1.26 bits per heavy atom. The average Bonchev–Trinajstić information content (AvgIpc) is 2.55. The maximum Gasteiger partial charge on any atom is 0.259 e. The predicted molar refractivity (Wildman–Crippen MR) is 86.5 cm³/mol. The molecule has 0 spiro atoms. The highest BCUT2D eigenvalue weighted by Gasteiger charge is 2.09. The molecule has 0 atom stereocenters. The van der Waals surface area contributed by atoms with E-state index >= 15 is 0 Å². The Morgan fingerprint density at radius 3 is 2.83 bits per heavy atom. The van der Waals surface area contributed by atoms with Gasteiger partial charge in [0.2, 0.25) is 0 Å². The van der Waals surface area contributed by atoms with Crippen LogP contribution in [0.3, 0.4) is 0 Å². The number of halogens is 1. The number of nitrogens with zero attached hydrogens (tertiary/aromatic N) is 3. The first-order valence-corrected chi connectivity index (χ1v) is 7.10. The van der Waals surface area contributed by atoms with Crippen LogP contribution in [0.1, 0.15) is 5.56 Å². The number of rotatable bonds is 4. The molecule has 0 amide bonds. The van der Waals surface area contributed by atoms with Crippen molar-refractivity contribution in [3.63, 3.8) is 0 Å². The standard InChI is InChI=1S/C17H16FN3O2/c1-20(11-12-6-7-14(23-2)13(18)9-12)16-10-17(22)21-8-4-3-5-15(21)19-16/h3-10H,11H2,1-2H3. The normalized spacial score (nSPS) is 10.7. The molecule has 6 heteroatoms. The van der Waals surface area contributed by atoms with Crippen LogP contribution in [0.4, 0.5) is 10.2 Å². The molecule has 0 saturated heterocycles. The zero-order valence-corrected chi connectivity index (χ0v) is 12.9. The van der Waals surface area contributed by atoms with Gasteiger partial charge in [0.15, 0.2) is 11.6 Å². The molecule has 3 rings (SSSR count). The average molecular weight is 313 g/mol. The van der Waals surface area contributed by atoms with E-state index in [2.05, 4.69) is 4.98 Å². The summed E-state index contributed by atoms with van der Waals surface area (Å²) in [7, 11) is 3.24. The van der Waals surface area contributed by atoms with Crippen molar-refractivity contribution < 1.29 is 9.13 Å². The Bertz CT molecular complexity index is 908. The van der Waals surface area contributed by atoms with Crippen molar-refractivity contribution in [3.05, 3.63) is 70.4 Å². The summed E-state index contributed by atoms with van der Waals surface area (Å²) in [6, 6.07) is 11.6. The molecular weight excluding hydrogens is 297 g/mol. The summed E-state index contributed by atoms with van der Waals surface area (Å²) < 4.78 is 20.1. The van der Waals surface area contributed by atoms with Crippen LogP contribution < -0.4 is 15.2 Å². The Morgan fingerprint density at radius 2 is 2.09 bits per heavy atom. The molecular formula is C17H16FN3O2. The fourth-order valence-corrected chi connectivity index (χ4v) is 2.40. The molecule has 0 fully saturated rings. The van der Waals surface area contributed by atoms with E-state index < -0.39 is 5.82 Å². The molecule has 0 unspecified atom stereocenters. The number of fused-ring (bicyclic) bond motifs is 1. The van der Waals surface area contributed by atoms with Gasteiger partial charge in [-0.2, -0.15) is 0 Å². The van der Waals surface area contributed by atoms with Crippen molar-refractivity contribution >= 4 is 11.5 Å². The highest BCUT2D eigenvalue weighted by atomic mass is 19.1. The van der Waals surface area contributed by atoms with Gasteiger partial charge in [0.1, 0.15) is 11.5 Å². The molecule has 1 aromatic carbocycles. The lowest BCUT2D eigenvalue weighted by molar-refractivity contribution is 0.386. The molecule has 2 heterocycles. The Hall–Kier alpha value is -2.89. The van der Waals surface area contributed by atoms with Crippen molar-refractivity contribution in [1.29, 1.82) is 0 Å². The lowest BCUT2D eigenvalue weighted by Gasteiger charge is -2.18. The van der Waals surface area contributed by atoms with E-state index in [9.17, 15) is 9.18 Å². The van der Waals surface area contributed by atoms with Crippen LogP contribution in [0.5, 0.6) is 5.75 Å². The summed E-state index contributed by atoms with van der Waals surface area (Å²) in [6.07, 6.45) is 1.67. The van der Waals surface area contributed by atoms with Gasteiger partial charge in [-0.25, -0.2) is 9.37 Å². The smallest absolute Gasteiger partial charge is 0.259 e. The third-order valence-electron chi connectivity index (χ3n) is 3.58. The first-order chi connectivity index (χ1) is 11.1. The van der Waals surface area contributed by atoms with E-state index in [0.717, 1.165) is 5.56 Å². The van der Waals surface area contributed by atoms with E-state index in [4.69, 9.17) is 4.74 Å². The van der Waals surface area contributed by atoms with Crippen molar-refractivity contribution in [2.75, 3.05) is 19.1 Å². The van der Waals surface area contributed by atoms with Crippen molar-refractivity contribution in [2.24, 2.45) is 0 Å². The van der Waals surface area contributed by atoms with E-state index in [1.165, 1.54) is 23.6 Å². The summed E-state index contributed by atoms with van der Waals surface area (Å²) in [4.78, 5) is 18.4. The first kappa shape index (κ1) is 15.0. The van der Waals surface area contributed by atoms with E-state index in [0.29, 0.717) is 18.0 Å². The van der Waals surface area contributed by atoms with Gasteiger partial charge in [0.25, 0.3) is 5.56 Å². The number of anilines is 1. The molecule has 0 saturated carbocycles. The molecule has 118 valence electrons. The minimum Gasteiger partial charge on any atom is -0.494 e. The fourth-order valence-electron chi connectivity index (χ4n) is 2.40. The van der Waals surface area contributed by atoms with Crippen LogP contribution in [0, 0.1) is 5.82 Å². The van der Waals surface area contributed by atoms with E-state index in [1.54, 1.807) is 35.4 Å². The number of hydrogen-bond donors (Lipinski definition) is 0. The molecule has 3 aromatic rings. The molecule has 0 N–H and O–H groups in total. The molecule has 0 radical (unpaired) electrons. The number of aromatic nitrogens is 2. The Balaban J connectivity index is 1.90. The second-order valence-electron chi connectivity index (χ2n) is 5.21. The summed E-state index contributed by atoms with van der Waals surface area (Å²) in [6.45, 7) is 0.427. The molecule has 23 heavy (non-hydrogen) atoms. The Labute approximate surface area is 132 Å².